The second-order valence-electron chi connectivity index (χ2n) is 8.62. The van der Waals surface area contributed by atoms with E-state index in [1.807, 2.05) is 6.07 Å². The summed E-state index contributed by atoms with van der Waals surface area (Å²) in [6.07, 6.45) is 7.52. The van der Waals surface area contributed by atoms with Crippen LogP contribution in [0.1, 0.15) is 54.1 Å². The van der Waals surface area contributed by atoms with E-state index in [1.165, 1.54) is 11.8 Å². The van der Waals surface area contributed by atoms with Crippen LogP contribution in [0, 0.1) is 5.92 Å². The molecular formula is C25H31N5O2. The molecule has 1 aliphatic heterocycles. The first-order valence-electron chi connectivity index (χ1n) is 11.3. The lowest BCUT2D eigenvalue weighted by Crippen LogP contribution is -2.32. The lowest BCUT2D eigenvalue weighted by molar-refractivity contribution is 0.0900. The zero-order valence-electron chi connectivity index (χ0n) is 18.8. The molecule has 1 atom stereocenters. The number of fused-ring (bicyclic) bond motifs is 1. The minimum atomic E-state index is -0.223. The summed E-state index contributed by atoms with van der Waals surface area (Å²) in [4.78, 5) is 15.1. The van der Waals surface area contributed by atoms with Gasteiger partial charge in [-0.1, -0.05) is 56.3 Å². The topological polar surface area (TPSA) is 76.2 Å². The van der Waals surface area contributed by atoms with E-state index in [4.69, 9.17) is 4.42 Å². The van der Waals surface area contributed by atoms with Crippen LogP contribution in [0.15, 0.2) is 59.2 Å². The minimum absolute atomic E-state index is 0.210. The van der Waals surface area contributed by atoms with Crippen molar-refractivity contribution >= 4 is 12.0 Å². The van der Waals surface area contributed by atoms with E-state index in [1.54, 1.807) is 12.1 Å². The molecule has 168 valence electrons. The number of furan rings is 1. The Morgan fingerprint density at radius 2 is 1.97 bits per heavy atom. The average molecular weight is 434 g/mol. The van der Waals surface area contributed by atoms with Gasteiger partial charge in [0.1, 0.15) is 5.82 Å². The highest BCUT2D eigenvalue weighted by Crippen LogP contribution is 2.23. The molecule has 0 aliphatic carbocycles. The van der Waals surface area contributed by atoms with Crippen molar-refractivity contribution in [2.24, 2.45) is 5.92 Å². The fourth-order valence-electron chi connectivity index (χ4n) is 4.07. The maximum Gasteiger partial charge on any atom is 0.287 e. The molecule has 0 fully saturated rings. The van der Waals surface area contributed by atoms with Crippen molar-refractivity contribution in [1.29, 1.82) is 0 Å². The third-order valence-electron chi connectivity index (χ3n) is 5.69. The van der Waals surface area contributed by atoms with Gasteiger partial charge in [-0.3, -0.25) is 9.69 Å². The monoisotopic (exact) mass is 433 g/mol. The Hall–Kier alpha value is -3.19. The number of carbonyl (C=O) groups is 1. The first-order chi connectivity index (χ1) is 15.6. The van der Waals surface area contributed by atoms with Crippen molar-refractivity contribution < 1.29 is 9.21 Å². The van der Waals surface area contributed by atoms with Crippen LogP contribution in [0.2, 0.25) is 0 Å². The number of nitrogens with one attached hydrogen (secondary N) is 1. The minimum Gasteiger partial charge on any atom is -0.459 e. The molecule has 4 rings (SSSR count). The molecule has 1 N–H and O–H groups in total. The summed E-state index contributed by atoms with van der Waals surface area (Å²) in [5, 5.41) is 12.1. The number of rotatable bonds is 8. The molecule has 0 radical (unpaired) electrons. The first-order valence-corrected chi connectivity index (χ1v) is 11.3. The van der Waals surface area contributed by atoms with E-state index < -0.39 is 0 Å². The molecule has 7 nitrogen and oxygen atoms in total. The Morgan fingerprint density at radius 1 is 1.12 bits per heavy atom. The number of hydrogen-bond donors (Lipinski definition) is 1. The number of aromatic nitrogens is 3. The van der Waals surface area contributed by atoms with Gasteiger partial charge in [0.25, 0.3) is 5.91 Å². The Labute approximate surface area is 189 Å². The highest BCUT2D eigenvalue weighted by Gasteiger charge is 2.26. The van der Waals surface area contributed by atoms with Crippen LogP contribution in [0.4, 0.5) is 0 Å². The summed E-state index contributed by atoms with van der Waals surface area (Å²) < 4.78 is 7.46. The Kier molecular flexibility index (Phi) is 7.17. The molecule has 1 amide bonds. The standard InChI is InChI=1S/C25H31N5O2/c1-19(2)18-21(26-25(31)22-11-7-17-32-22)24-28-27-23-12-14-29(15-16-30(23)24)13-6-10-20-8-4-3-5-9-20/h3-11,17,19,21H,12-16,18H2,1-2H3,(H,26,31)/b10-6+/t21-/m0/s1. The van der Waals surface area contributed by atoms with Gasteiger partial charge in [0.2, 0.25) is 0 Å². The van der Waals surface area contributed by atoms with E-state index in [0.717, 1.165) is 50.7 Å². The lowest BCUT2D eigenvalue weighted by Gasteiger charge is -2.21. The number of hydrogen-bond acceptors (Lipinski definition) is 5. The molecule has 0 unspecified atom stereocenters. The summed E-state index contributed by atoms with van der Waals surface area (Å²) >= 11 is 0. The van der Waals surface area contributed by atoms with Crippen molar-refractivity contribution in [3.63, 3.8) is 0 Å². The maximum absolute atomic E-state index is 12.6. The normalized spacial score (nSPS) is 15.6. The van der Waals surface area contributed by atoms with Gasteiger partial charge in [-0.25, -0.2) is 0 Å². The molecule has 0 saturated heterocycles. The molecule has 1 aliphatic rings. The molecule has 0 spiro atoms. The average Bonchev–Trinajstić information content (AvgIpc) is 3.42. The molecule has 0 saturated carbocycles. The molecule has 3 aromatic rings. The van der Waals surface area contributed by atoms with E-state index >= 15 is 0 Å². The third-order valence-corrected chi connectivity index (χ3v) is 5.69. The number of amides is 1. The first kappa shape index (κ1) is 22.0. The molecule has 7 heteroatoms. The van der Waals surface area contributed by atoms with Gasteiger partial charge in [0.05, 0.1) is 12.3 Å². The second-order valence-corrected chi connectivity index (χ2v) is 8.62. The van der Waals surface area contributed by atoms with E-state index in [-0.39, 0.29) is 11.9 Å². The zero-order chi connectivity index (χ0) is 22.3. The van der Waals surface area contributed by atoms with Crippen LogP contribution in [0.3, 0.4) is 0 Å². The maximum atomic E-state index is 12.6. The lowest BCUT2D eigenvalue weighted by atomic mass is 10.0. The highest BCUT2D eigenvalue weighted by atomic mass is 16.3. The number of nitrogens with zero attached hydrogens (tertiary/aromatic N) is 4. The molecule has 0 bridgehead atoms. The van der Waals surface area contributed by atoms with Gasteiger partial charge < -0.3 is 14.3 Å². The molecule has 3 heterocycles. The summed E-state index contributed by atoms with van der Waals surface area (Å²) in [6.45, 7) is 7.84. The molecular weight excluding hydrogens is 402 g/mol. The van der Waals surface area contributed by atoms with Crippen LogP contribution in [-0.2, 0) is 13.0 Å². The second kappa shape index (κ2) is 10.4. The largest absolute Gasteiger partial charge is 0.459 e. The van der Waals surface area contributed by atoms with Crippen molar-refractivity contribution in [2.75, 3.05) is 19.6 Å². The van der Waals surface area contributed by atoms with Gasteiger partial charge in [-0.15, -0.1) is 10.2 Å². The summed E-state index contributed by atoms with van der Waals surface area (Å²) in [7, 11) is 0. The molecule has 1 aromatic carbocycles. The SMILES string of the molecule is CC(C)C[C@H](NC(=O)c1ccco1)c1nnc2n1CCN(C/C=C/c1ccccc1)CC2. The fraction of sp³-hybridized carbons (Fsp3) is 0.400. The van der Waals surface area contributed by atoms with Gasteiger partial charge in [-0.05, 0) is 30.0 Å². The van der Waals surface area contributed by atoms with Crippen molar-refractivity contribution in [3.8, 4) is 0 Å². The quantitative estimate of drug-likeness (QED) is 0.582. The zero-order valence-corrected chi connectivity index (χ0v) is 18.8. The van der Waals surface area contributed by atoms with Crippen LogP contribution in [0.5, 0.6) is 0 Å². The van der Waals surface area contributed by atoms with Gasteiger partial charge in [0, 0.05) is 32.6 Å². The fourth-order valence-corrected chi connectivity index (χ4v) is 4.07. The Morgan fingerprint density at radius 3 is 2.72 bits per heavy atom. The van der Waals surface area contributed by atoms with Gasteiger partial charge >= 0.3 is 0 Å². The van der Waals surface area contributed by atoms with Crippen LogP contribution in [-0.4, -0.2) is 45.2 Å². The predicted octanol–water partition coefficient (Wildman–Crippen LogP) is 3.96. The Bertz CT molecular complexity index is 1020. The number of carbonyl (C=O) groups excluding carboxylic acids is 1. The van der Waals surface area contributed by atoms with Gasteiger partial charge in [-0.2, -0.15) is 0 Å². The van der Waals surface area contributed by atoms with E-state index in [9.17, 15) is 4.79 Å². The van der Waals surface area contributed by atoms with Crippen LogP contribution in [0.25, 0.3) is 6.08 Å². The van der Waals surface area contributed by atoms with Crippen molar-refractivity contribution in [2.45, 2.75) is 39.3 Å². The Balaban J connectivity index is 1.43. The van der Waals surface area contributed by atoms with E-state index in [2.05, 4.69) is 75.2 Å². The number of benzene rings is 1. The van der Waals surface area contributed by atoms with Crippen LogP contribution >= 0.6 is 0 Å². The van der Waals surface area contributed by atoms with Crippen LogP contribution < -0.4 is 5.32 Å². The van der Waals surface area contributed by atoms with E-state index in [0.29, 0.717) is 11.7 Å². The van der Waals surface area contributed by atoms with Crippen molar-refractivity contribution in [3.05, 3.63) is 77.8 Å². The summed E-state index contributed by atoms with van der Waals surface area (Å²) in [5.74, 6) is 2.30. The predicted molar refractivity (Wildman–Crippen MR) is 124 cm³/mol. The van der Waals surface area contributed by atoms with Crippen molar-refractivity contribution in [1.82, 2.24) is 25.0 Å². The summed E-state index contributed by atoms with van der Waals surface area (Å²) in [6, 6.07) is 13.5. The summed E-state index contributed by atoms with van der Waals surface area (Å²) in [5.41, 5.74) is 1.21. The highest BCUT2D eigenvalue weighted by molar-refractivity contribution is 5.91. The third kappa shape index (κ3) is 5.53. The molecule has 32 heavy (non-hydrogen) atoms. The smallest absolute Gasteiger partial charge is 0.287 e. The van der Waals surface area contributed by atoms with Gasteiger partial charge in [0.15, 0.2) is 11.6 Å². The molecule has 2 aromatic heterocycles.